The molecule has 0 unspecified atom stereocenters. The molecule has 2 N–H and O–H groups in total. The highest BCUT2D eigenvalue weighted by molar-refractivity contribution is 7.14. The molecule has 0 spiro atoms. The molecule has 2 rings (SSSR count). The van der Waals surface area contributed by atoms with Crippen LogP contribution in [0.1, 0.15) is 6.92 Å². The summed E-state index contributed by atoms with van der Waals surface area (Å²) in [5.74, 6) is 0. The van der Waals surface area contributed by atoms with Gasteiger partial charge in [-0.05, 0) is 19.1 Å². The van der Waals surface area contributed by atoms with E-state index in [4.69, 9.17) is 0 Å². The number of anilines is 1. The molecule has 5 heteroatoms. The largest absolute Gasteiger partial charge is 0.362 e. The summed E-state index contributed by atoms with van der Waals surface area (Å²) in [6.45, 7) is 2.84. The normalized spacial score (nSPS) is 10.2. The van der Waals surface area contributed by atoms with Crippen LogP contribution in [0.2, 0.25) is 0 Å². The molecule has 0 fully saturated rings. The molecule has 2 heterocycles. The molecule has 0 saturated carbocycles. The Kier molecular flexibility index (Phi) is 2.82. The van der Waals surface area contributed by atoms with Crippen molar-refractivity contribution < 1.29 is 0 Å². The Labute approximate surface area is 91.0 Å². The number of pyridine rings is 1. The minimum Gasteiger partial charge on any atom is -0.362 e. The number of nitrogens with one attached hydrogen (secondary N) is 2. The van der Waals surface area contributed by atoms with Crippen molar-refractivity contribution in [1.82, 2.24) is 9.97 Å². The average molecular weight is 221 g/mol. The number of hydrogen-bond acceptors (Lipinski definition) is 4. The Morgan fingerprint density at radius 2 is 2.47 bits per heavy atom. The second-order valence-electron chi connectivity index (χ2n) is 2.98. The van der Waals surface area contributed by atoms with E-state index in [1.54, 1.807) is 18.3 Å². The zero-order chi connectivity index (χ0) is 10.7. The highest BCUT2D eigenvalue weighted by atomic mass is 32.1. The van der Waals surface area contributed by atoms with Gasteiger partial charge in [0.2, 0.25) is 0 Å². The first-order chi connectivity index (χ1) is 7.31. The van der Waals surface area contributed by atoms with Crippen LogP contribution < -0.4 is 10.9 Å². The van der Waals surface area contributed by atoms with Crippen LogP contribution in [-0.4, -0.2) is 16.5 Å². The zero-order valence-electron chi connectivity index (χ0n) is 8.28. The molecule has 0 radical (unpaired) electrons. The molecule has 15 heavy (non-hydrogen) atoms. The lowest BCUT2D eigenvalue weighted by molar-refractivity contribution is 1.18. The highest BCUT2D eigenvalue weighted by Crippen LogP contribution is 2.21. The third-order valence-electron chi connectivity index (χ3n) is 1.93. The molecular formula is C10H11N3OS. The number of aromatic nitrogens is 2. The van der Waals surface area contributed by atoms with Gasteiger partial charge < -0.3 is 10.3 Å². The standard InChI is InChI=1S/C10H11N3OS/c1-2-11-10-13-8(6-15-10)7-4-3-5-12-9(7)14/h3-6H,2H2,1H3,(H,11,13)(H,12,14). The highest BCUT2D eigenvalue weighted by Gasteiger charge is 2.06. The van der Waals surface area contributed by atoms with E-state index >= 15 is 0 Å². The van der Waals surface area contributed by atoms with Gasteiger partial charge in [-0.2, -0.15) is 0 Å². The molecule has 4 nitrogen and oxygen atoms in total. The lowest BCUT2D eigenvalue weighted by Gasteiger charge is -1.95. The molecule has 2 aromatic rings. The van der Waals surface area contributed by atoms with Crippen LogP contribution in [0.5, 0.6) is 0 Å². The van der Waals surface area contributed by atoms with Gasteiger partial charge in [0.1, 0.15) is 0 Å². The van der Waals surface area contributed by atoms with Crippen LogP contribution in [0, 0.1) is 0 Å². The smallest absolute Gasteiger partial charge is 0.257 e. The fourth-order valence-corrected chi connectivity index (χ4v) is 2.03. The summed E-state index contributed by atoms with van der Waals surface area (Å²) in [5, 5.41) is 5.83. The van der Waals surface area contributed by atoms with E-state index < -0.39 is 0 Å². The van der Waals surface area contributed by atoms with Gasteiger partial charge >= 0.3 is 0 Å². The lowest BCUT2D eigenvalue weighted by Crippen LogP contribution is -2.07. The van der Waals surface area contributed by atoms with Gasteiger partial charge in [0.15, 0.2) is 5.13 Å². The topological polar surface area (TPSA) is 57.8 Å². The summed E-state index contributed by atoms with van der Waals surface area (Å²) in [6.07, 6.45) is 1.61. The summed E-state index contributed by atoms with van der Waals surface area (Å²) in [4.78, 5) is 18.4. The van der Waals surface area contributed by atoms with Crippen molar-refractivity contribution in [3.05, 3.63) is 34.1 Å². The molecule has 0 aromatic carbocycles. The fourth-order valence-electron chi connectivity index (χ4n) is 1.25. The number of hydrogen-bond donors (Lipinski definition) is 2. The summed E-state index contributed by atoms with van der Waals surface area (Å²) in [7, 11) is 0. The van der Waals surface area contributed by atoms with Gasteiger partial charge in [-0.15, -0.1) is 11.3 Å². The van der Waals surface area contributed by atoms with Crippen LogP contribution in [-0.2, 0) is 0 Å². The van der Waals surface area contributed by atoms with E-state index in [9.17, 15) is 4.79 Å². The zero-order valence-corrected chi connectivity index (χ0v) is 9.10. The van der Waals surface area contributed by atoms with Crippen molar-refractivity contribution in [1.29, 1.82) is 0 Å². The van der Waals surface area contributed by atoms with E-state index in [1.807, 2.05) is 12.3 Å². The molecule has 0 atom stereocenters. The predicted molar refractivity (Wildman–Crippen MR) is 62.3 cm³/mol. The molecule has 0 bridgehead atoms. The van der Waals surface area contributed by atoms with Gasteiger partial charge in [0.05, 0.1) is 11.3 Å². The van der Waals surface area contributed by atoms with Crippen LogP contribution in [0.3, 0.4) is 0 Å². The maximum absolute atomic E-state index is 11.5. The van der Waals surface area contributed by atoms with Crippen molar-refractivity contribution in [3.63, 3.8) is 0 Å². The minimum atomic E-state index is -0.106. The molecule has 0 saturated heterocycles. The van der Waals surface area contributed by atoms with Crippen LogP contribution in [0.4, 0.5) is 5.13 Å². The van der Waals surface area contributed by atoms with Crippen LogP contribution >= 0.6 is 11.3 Å². The summed E-state index contributed by atoms with van der Waals surface area (Å²) >= 11 is 1.50. The molecule has 0 amide bonds. The monoisotopic (exact) mass is 221 g/mol. The van der Waals surface area contributed by atoms with Crippen molar-refractivity contribution in [2.24, 2.45) is 0 Å². The Bertz CT molecular complexity index is 503. The quantitative estimate of drug-likeness (QED) is 0.832. The second kappa shape index (κ2) is 4.27. The first kappa shape index (κ1) is 9.92. The lowest BCUT2D eigenvalue weighted by atomic mass is 10.2. The van der Waals surface area contributed by atoms with E-state index in [-0.39, 0.29) is 5.56 Å². The van der Waals surface area contributed by atoms with Gasteiger partial charge in [0.25, 0.3) is 5.56 Å². The minimum absolute atomic E-state index is 0.106. The van der Waals surface area contributed by atoms with Gasteiger partial charge in [-0.1, -0.05) is 0 Å². The molecule has 0 aliphatic rings. The third kappa shape index (κ3) is 2.07. The summed E-state index contributed by atoms with van der Waals surface area (Å²) in [5.41, 5.74) is 1.22. The van der Waals surface area contributed by atoms with Crippen LogP contribution in [0.15, 0.2) is 28.5 Å². The Morgan fingerprint density at radius 1 is 1.60 bits per heavy atom. The number of H-pyrrole nitrogens is 1. The molecule has 0 aliphatic heterocycles. The summed E-state index contributed by atoms with van der Waals surface area (Å²) in [6, 6.07) is 3.56. The van der Waals surface area contributed by atoms with E-state index in [0.29, 0.717) is 5.56 Å². The Balaban J connectivity index is 2.38. The first-order valence-electron chi connectivity index (χ1n) is 4.68. The van der Waals surface area contributed by atoms with E-state index in [1.165, 1.54) is 11.3 Å². The maximum atomic E-state index is 11.5. The van der Waals surface area contributed by atoms with Crippen molar-refractivity contribution in [2.75, 3.05) is 11.9 Å². The molecule has 2 aromatic heterocycles. The molecular weight excluding hydrogens is 210 g/mol. The third-order valence-corrected chi connectivity index (χ3v) is 2.73. The molecule has 78 valence electrons. The number of aromatic amines is 1. The number of thiazole rings is 1. The van der Waals surface area contributed by atoms with E-state index in [2.05, 4.69) is 15.3 Å². The van der Waals surface area contributed by atoms with E-state index in [0.717, 1.165) is 17.4 Å². The van der Waals surface area contributed by atoms with Crippen LogP contribution in [0.25, 0.3) is 11.3 Å². The van der Waals surface area contributed by atoms with Crippen molar-refractivity contribution >= 4 is 16.5 Å². The van der Waals surface area contributed by atoms with Gasteiger partial charge in [0, 0.05) is 18.1 Å². The number of rotatable bonds is 3. The van der Waals surface area contributed by atoms with Crippen molar-refractivity contribution in [3.8, 4) is 11.3 Å². The van der Waals surface area contributed by atoms with Gasteiger partial charge in [-0.3, -0.25) is 4.79 Å². The average Bonchev–Trinajstić information content (AvgIpc) is 2.68. The predicted octanol–water partition coefficient (Wildman–Crippen LogP) is 1.93. The second-order valence-corrected chi connectivity index (χ2v) is 3.84. The first-order valence-corrected chi connectivity index (χ1v) is 5.56. The Morgan fingerprint density at radius 3 is 3.20 bits per heavy atom. The number of nitrogens with zero attached hydrogens (tertiary/aromatic N) is 1. The SMILES string of the molecule is CCNc1nc(-c2ccc[nH]c2=O)cs1. The summed E-state index contributed by atoms with van der Waals surface area (Å²) < 4.78 is 0. The van der Waals surface area contributed by atoms with Crippen molar-refractivity contribution in [2.45, 2.75) is 6.92 Å². The fraction of sp³-hybridized carbons (Fsp3) is 0.200. The molecule has 0 aliphatic carbocycles. The Hall–Kier alpha value is -1.62. The van der Waals surface area contributed by atoms with Gasteiger partial charge in [-0.25, -0.2) is 4.98 Å². The maximum Gasteiger partial charge on any atom is 0.257 e.